The number of rotatable bonds is 3. The number of fused-ring (bicyclic) bond motifs is 2. The first-order valence-corrected chi connectivity index (χ1v) is 8.64. The average Bonchev–Trinajstić information content (AvgIpc) is 3.19. The van der Waals surface area contributed by atoms with E-state index in [9.17, 15) is 4.79 Å². The zero-order chi connectivity index (χ0) is 15.8. The Kier molecular flexibility index (Phi) is 3.85. The van der Waals surface area contributed by atoms with Crippen LogP contribution in [0, 0.1) is 17.8 Å². The van der Waals surface area contributed by atoms with E-state index in [2.05, 4.69) is 41.4 Å². The smallest absolute Gasteiger partial charge is 0.228 e. The zero-order valence-electron chi connectivity index (χ0n) is 13.6. The lowest BCUT2D eigenvalue weighted by Crippen LogP contribution is -2.43. The topological polar surface area (TPSA) is 41.6 Å². The second-order valence-corrected chi connectivity index (χ2v) is 7.04. The average molecular weight is 312 g/mol. The highest BCUT2D eigenvalue weighted by Crippen LogP contribution is 2.43. The quantitative estimate of drug-likeness (QED) is 0.872. The SMILES string of the molecule is C[C@H]1COCCN1c1ccc(NC(=O)[C@H]2C[C@H]3C=C[C@H]2C3)cc1. The van der Waals surface area contributed by atoms with E-state index in [-0.39, 0.29) is 11.8 Å². The van der Waals surface area contributed by atoms with E-state index in [1.54, 1.807) is 0 Å². The first-order chi connectivity index (χ1) is 11.2. The lowest BCUT2D eigenvalue weighted by Gasteiger charge is -2.35. The molecule has 0 aromatic heterocycles. The third-order valence-electron chi connectivity index (χ3n) is 5.45. The molecular formula is C19H24N2O2. The Labute approximate surface area is 137 Å². The molecule has 4 heteroatoms. The molecule has 2 aliphatic carbocycles. The summed E-state index contributed by atoms with van der Waals surface area (Å²) >= 11 is 0. The van der Waals surface area contributed by atoms with Gasteiger partial charge in [0.25, 0.3) is 0 Å². The van der Waals surface area contributed by atoms with Crippen molar-refractivity contribution in [3.63, 3.8) is 0 Å². The van der Waals surface area contributed by atoms with Gasteiger partial charge in [-0.2, -0.15) is 0 Å². The third-order valence-corrected chi connectivity index (χ3v) is 5.45. The van der Waals surface area contributed by atoms with Gasteiger partial charge in [0, 0.05) is 29.9 Å². The normalized spacial score (nSPS) is 32.3. The van der Waals surface area contributed by atoms with Crippen LogP contribution in [-0.2, 0) is 9.53 Å². The fourth-order valence-electron chi connectivity index (χ4n) is 4.16. The number of anilines is 2. The van der Waals surface area contributed by atoms with Crippen LogP contribution in [0.3, 0.4) is 0 Å². The summed E-state index contributed by atoms with van der Waals surface area (Å²) in [5.74, 6) is 1.41. The van der Waals surface area contributed by atoms with Gasteiger partial charge in [-0.15, -0.1) is 0 Å². The van der Waals surface area contributed by atoms with Crippen molar-refractivity contribution in [1.29, 1.82) is 0 Å². The minimum Gasteiger partial charge on any atom is -0.377 e. The summed E-state index contributed by atoms with van der Waals surface area (Å²) < 4.78 is 5.49. The van der Waals surface area contributed by atoms with Crippen molar-refractivity contribution < 1.29 is 9.53 Å². The van der Waals surface area contributed by atoms with Crippen LogP contribution >= 0.6 is 0 Å². The summed E-state index contributed by atoms with van der Waals surface area (Å²) in [7, 11) is 0. The maximum absolute atomic E-state index is 12.5. The first-order valence-electron chi connectivity index (χ1n) is 8.64. The van der Waals surface area contributed by atoms with Crippen LogP contribution in [0.15, 0.2) is 36.4 Å². The van der Waals surface area contributed by atoms with Crippen molar-refractivity contribution in [2.45, 2.75) is 25.8 Å². The number of amides is 1. The molecule has 1 saturated carbocycles. The van der Waals surface area contributed by atoms with Gasteiger partial charge in [0.15, 0.2) is 0 Å². The molecule has 23 heavy (non-hydrogen) atoms. The molecule has 4 nitrogen and oxygen atoms in total. The molecule has 0 radical (unpaired) electrons. The van der Waals surface area contributed by atoms with Gasteiger partial charge < -0.3 is 15.0 Å². The lowest BCUT2D eigenvalue weighted by molar-refractivity contribution is -0.120. The molecule has 3 aliphatic rings. The molecule has 0 unspecified atom stereocenters. The van der Waals surface area contributed by atoms with Crippen molar-refractivity contribution in [3.8, 4) is 0 Å². The van der Waals surface area contributed by atoms with Crippen LogP contribution in [0.1, 0.15) is 19.8 Å². The number of benzene rings is 1. The van der Waals surface area contributed by atoms with E-state index in [1.165, 1.54) is 5.69 Å². The highest BCUT2D eigenvalue weighted by Gasteiger charge is 2.39. The summed E-state index contributed by atoms with van der Waals surface area (Å²) in [6, 6.07) is 8.61. The maximum Gasteiger partial charge on any atom is 0.228 e. The van der Waals surface area contributed by atoms with Crippen LogP contribution in [0.5, 0.6) is 0 Å². The minimum absolute atomic E-state index is 0.156. The Hall–Kier alpha value is -1.81. The third kappa shape index (κ3) is 2.88. The van der Waals surface area contributed by atoms with Crippen LogP contribution < -0.4 is 10.2 Å². The van der Waals surface area contributed by atoms with Crippen molar-refractivity contribution in [3.05, 3.63) is 36.4 Å². The first kappa shape index (κ1) is 14.8. The summed E-state index contributed by atoms with van der Waals surface area (Å²) in [4.78, 5) is 14.8. The van der Waals surface area contributed by atoms with Gasteiger partial charge in [-0.05, 0) is 55.9 Å². The number of ether oxygens (including phenoxy) is 1. The molecule has 2 fully saturated rings. The van der Waals surface area contributed by atoms with E-state index in [4.69, 9.17) is 4.74 Å². The fourth-order valence-corrected chi connectivity index (χ4v) is 4.16. The van der Waals surface area contributed by atoms with Crippen molar-refractivity contribution in [2.24, 2.45) is 17.8 Å². The Balaban J connectivity index is 1.40. The Bertz CT molecular complexity index is 610. The molecule has 1 amide bonds. The molecule has 1 aromatic rings. The number of morpholine rings is 1. The van der Waals surface area contributed by atoms with Gasteiger partial charge in [-0.3, -0.25) is 4.79 Å². The number of hydrogen-bond donors (Lipinski definition) is 1. The molecule has 4 rings (SSSR count). The Morgan fingerprint density at radius 2 is 2.04 bits per heavy atom. The standard InChI is InChI=1S/C19H24N2O2/c1-13-12-23-9-8-21(13)17-6-4-16(5-7-17)20-19(22)18-11-14-2-3-15(18)10-14/h2-7,13-15,18H,8-12H2,1H3,(H,20,22)/t13-,14-,15-,18-/m0/s1. The van der Waals surface area contributed by atoms with Gasteiger partial charge in [0.1, 0.15) is 0 Å². The predicted octanol–water partition coefficient (Wildman–Crippen LogP) is 3.06. The molecule has 2 bridgehead atoms. The molecule has 1 saturated heterocycles. The van der Waals surface area contributed by atoms with Gasteiger partial charge >= 0.3 is 0 Å². The summed E-state index contributed by atoms with van der Waals surface area (Å²) in [5, 5.41) is 3.09. The summed E-state index contributed by atoms with van der Waals surface area (Å²) in [6.07, 6.45) is 6.66. The second kappa shape index (κ2) is 6.00. The number of nitrogens with one attached hydrogen (secondary N) is 1. The number of nitrogens with zero attached hydrogens (tertiary/aromatic N) is 1. The van der Waals surface area contributed by atoms with E-state index < -0.39 is 0 Å². The Morgan fingerprint density at radius 1 is 1.22 bits per heavy atom. The van der Waals surface area contributed by atoms with E-state index in [0.29, 0.717) is 17.9 Å². The number of carbonyl (C=O) groups excluding carboxylic acids is 1. The molecule has 1 N–H and O–H groups in total. The number of carbonyl (C=O) groups is 1. The molecule has 1 heterocycles. The molecule has 0 spiro atoms. The molecule has 4 atom stereocenters. The van der Waals surface area contributed by atoms with E-state index in [1.807, 2.05) is 12.1 Å². The van der Waals surface area contributed by atoms with Crippen molar-refractivity contribution in [1.82, 2.24) is 0 Å². The molecule has 1 aliphatic heterocycles. The summed E-state index contributed by atoms with van der Waals surface area (Å²) in [6.45, 7) is 4.65. The van der Waals surface area contributed by atoms with Crippen molar-refractivity contribution >= 4 is 17.3 Å². The van der Waals surface area contributed by atoms with Gasteiger partial charge in [0.2, 0.25) is 5.91 Å². The zero-order valence-corrected chi connectivity index (χ0v) is 13.6. The highest BCUT2D eigenvalue weighted by molar-refractivity contribution is 5.93. The summed E-state index contributed by atoms with van der Waals surface area (Å²) in [5.41, 5.74) is 2.09. The van der Waals surface area contributed by atoms with Crippen molar-refractivity contribution in [2.75, 3.05) is 30.0 Å². The molecular weight excluding hydrogens is 288 g/mol. The molecule has 122 valence electrons. The largest absolute Gasteiger partial charge is 0.377 e. The van der Waals surface area contributed by atoms with E-state index in [0.717, 1.165) is 38.3 Å². The van der Waals surface area contributed by atoms with Crippen LogP contribution in [0.25, 0.3) is 0 Å². The fraction of sp³-hybridized carbons (Fsp3) is 0.526. The second-order valence-electron chi connectivity index (χ2n) is 7.04. The van der Waals surface area contributed by atoms with E-state index >= 15 is 0 Å². The maximum atomic E-state index is 12.5. The van der Waals surface area contributed by atoms with Crippen LogP contribution in [0.2, 0.25) is 0 Å². The van der Waals surface area contributed by atoms with Gasteiger partial charge in [0.05, 0.1) is 13.2 Å². The molecule has 1 aromatic carbocycles. The van der Waals surface area contributed by atoms with Crippen LogP contribution in [-0.4, -0.2) is 31.7 Å². The Morgan fingerprint density at radius 3 is 2.70 bits per heavy atom. The minimum atomic E-state index is 0.156. The number of allylic oxidation sites excluding steroid dienone is 2. The van der Waals surface area contributed by atoms with Gasteiger partial charge in [-0.1, -0.05) is 12.2 Å². The lowest BCUT2D eigenvalue weighted by atomic mass is 9.93. The van der Waals surface area contributed by atoms with Gasteiger partial charge in [-0.25, -0.2) is 0 Å². The number of hydrogen-bond acceptors (Lipinski definition) is 3. The highest BCUT2D eigenvalue weighted by atomic mass is 16.5. The predicted molar refractivity (Wildman–Crippen MR) is 91.5 cm³/mol. The monoisotopic (exact) mass is 312 g/mol. The van der Waals surface area contributed by atoms with Crippen LogP contribution in [0.4, 0.5) is 11.4 Å².